The molecule has 98 valence electrons. The van der Waals surface area contributed by atoms with Crippen molar-refractivity contribution in [2.24, 2.45) is 23.2 Å². The van der Waals surface area contributed by atoms with Crippen LogP contribution in [0, 0.1) is 23.2 Å². The molecule has 0 aromatic carbocycles. The molecule has 6 atom stereocenters. The Balaban J connectivity index is 1.82. The maximum atomic E-state index is 12.2. The van der Waals surface area contributed by atoms with Gasteiger partial charge in [0.15, 0.2) is 5.79 Å². The van der Waals surface area contributed by atoms with Gasteiger partial charge in [0, 0.05) is 23.7 Å². The van der Waals surface area contributed by atoms with Crippen molar-refractivity contribution < 1.29 is 14.3 Å². The fraction of sp³-hybridized carbons (Fsp3) is 0.800. The van der Waals surface area contributed by atoms with Gasteiger partial charge in [0.25, 0.3) is 0 Å². The molecule has 3 nitrogen and oxygen atoms in total. The minimum Gasteiger partial charge on any atom is -0.344 e. The van der Waals surface area contributed by atoms with Gasteiger partial charge in [-0.15, -0.1) is 0 Å². The Labute approximate surface area is 108 Å². The Morgan fingerprint density at radius 1 is 1.28 bits per heavy atom. The second kappa shape index (κ2) is 3.07. The Kier molecular flexibility index (Phi) is 1.91. The first-order valence-electron chi connectivity index (χ1n) is 7.00. The standard InChI is InChI=1S/C15H20O3/c1-14(2)17-12-9-6-7-15(3,13(12)18-14)11-8(9)4-5-10(11)16/h6-9,11-13H,4-5H2,1-3H3/t8-,9+,11+,12+,13+,15-/m1/s1. The molecule has 0 amide bonds. The molecule has 0 unspecified atom stereocenters. The quantitative estimate of drug-likeness (QED) is 0.617. The molecule has 5 rings (SSSR count). The summed E-state index contributed by atoms with van der Waals surface area (Å²) < 4.78 is 12.2. The van der Waals surface area contributed by atoms with E-state index in [2.05, 4.69) is 19.1 Å². The van der Waals surface area contributed by atoms with Crippen LogP contribution in [0.4, 0.5) is 0 Å². The Hall–Kier alpha value is -0.670. The van der Waals surface area contributed by atoms with Crippen molar-refractivity contribution in [2.45, 2.75) is 51.6 Å². The third kappa shape index (κ3) is 1.15. The van der Waals surface area contributed by atoms with Crippen LogP contribution in [0.15, 0.2) is 12.2 Å². The summed E-state index contributed by atoms with van der Waals surface area (Å²) in [6, 6.07) is 0. The van der Waals surface area contributed by atoms with Crippen LogP contribution in [0.3, 0.4) is 0 Å². The highest BCUT2D eigenvalue weighted by atomic mass is 16.8. The lowest BCUT2D eigenvalue weighted by molar-refractivity contribution is -0.156. The van der Waals surface area contributed by atoms with Gasteiger partial charge in [0.1, 0.15) is 5.78 Å². The summed E-state index contributed by atoms with van der Waals surface area (Å²) in [5.74, 6) is 0.930. The smallest absolute Gasteiger partial charge is 0.163 e. The molecule has 2 saturated carbocycles. The Bertz CT molecular complexity index is 453. The highest BCUT2D eigenvalue weighted by Crippen LogP contribution is 2.61. The number of carbonyl (C=O) groups excluding carboxylic acids is 1. The third-order valence-electron chi connectivity index (χ3n) is 5.46. The number of carbonyl (C=O) groups is 1. The molecule has 3 fully saturated rings. The Morgan fingerprint density at radius 3 is 2.83 bits per heavy atom. The van der Waals surface area contributed by atoms with Crippen LogP contribution >= 0.6 is 0 Å². The second-order valence-electron chi connectivity index (χ2n) is 6.97. The zero-order valence-corrected chi connectivity index (χ0v) is 11.2. The van der Waals surface area contributed by atoms with E-state index in [1.807, 2.05) is 13.8 Å². The van der Waals surface area contributed by atoms with E-state index in [-0.39, 0.29) is 23.5 Å². The molecule has 5 aliphatic rings. The van der Waals surface area contributed by atoms with E-state index in [9.17, 15) is 4.79 Å². The summed E-state index contributed by atoms with van der Waals surface area (Å²) >= 11 is 0. The first-order chi connectivity index (χ1) is 8.42. The monoisotopic (exact) mass is 248 g/mol. The van der Waals surface area contributed by atoms with Crippen molar-refractivity contribution in [1.82, 2.24) is 0 Å². The molecule has 2 bridgehead atoms. The van der Waals surface area contributed by atoms with E-state index in [1.54, 1.807) is 0 Å². The molecule has 3 heteroatoms. The van der Waals surface area contributed by atoms with E-state index in [0.29, 0.717) is 17.6 Å². The summed E-state index contributed by atoms with van der Waals surface area (Å²) in [5, 5.41) is 0. The molecule has 18 heavy (non-hydrogen) atoms. The summed E-state index contributed by atoms with van der Waals surface area (Å²) in [7, 11) is 0. The van der Waals surface area contributed by atoms with E-state index >= 15 is 0 Å². The predicted octanol–water partition coefficient (Wildman–Crippen LogP) is 2.31. The Morgan fingerprint density at radius 2 is 2.06 bits per heavy atom. The molecule has 1 saturated heterocycles. The van der Waals surface area contributed by atoms with Gasteiger partial charge in [-0.05, 0) is 26.2 Å². The molecule has 0 spiro atoms. The van der Waals surface area contributed by atoms with E-state index in [4.69, 9.17) is 9.47 Å². The molecular weight excluding hydrogens is 228 g/mol. The van der Waals surface area contributed by atoms with E-state index in [0.717, 1.165) is 12.8 Å². The van der Waals surface area contributed by atoms with Gasteiger partial charge >= 0.3 is 0 Å². The number of hydrogen-bond acceptors (Lipinski definition) is 3. The van der Waals surface area contributed by atoms with Gasteiger partial charge in [0.2, 0.25) is 0 Å². The summed E-state index contributed by atoms with van der Waals surface area (Å²) in [4.78, 5) is 12.2. The third-order valence-corrected chi connectivity index (χ3v) is 5.46. The first-order valence-corrected chi connectivity index (χ1v) is 7.00. The van der Waals surface area contributed by atoms with Crippen molar-refractivity contribution >= 4 is 5.78 Å². The van der Waals surface area contributed by atoms with Gasteiger partial charge in [-0.1, -0.05) is 19.1 Å². The van der Waals surface area contributed by atoms with E-state index in [1.165, 1.54) is 0 Å². The van der Waals surface area contributed by atoms with Crippen LogP contribution < -0.4 is 0 Å². The zero-order valence-electron chi connectivity index (χ0n) is 11.2. The van der Waals surface area contributed by atoms with Gasteiger partial charge in [-0.25, -0.2) is 0 Å². The number of rotatable bonds is 0. The molecular formula is C15H20O3. The molecule has 0 aromatic heterocycles. The van der Waals surface area contributed by atoms with Crippen molar-refractivity contribution in [3.8, 4) is 0 Å². The van der Waals surface area contributed by atoms with Crippen LogP contribution in [-0.4, -0.2) is 23.8 Å². The van der Waals surface area contributed by atoms with Crippen LogP contribution in [0.2, 0.25) is 0 Å². The summed E-state index contributed by atoms with van der Waals surface area (Å²) in [6.07, 6.45) is 6.47. The van der Waals surface area contributed by atoms with Crippen LogP contribution in [0.25, 0.3) is 0 Å². The number of Topliss-reactive ketones (excluding diaryl/α,β-unsaturated/α-hetero) is 1. The minimum absolute atomic E-state index is 0.0470. The average molecular weight is 248 g/mol. The molecule has 4 aliphatic carbocycles. The normalized spacial score (nSPS) is 55.7. The predicted molar refractivity (Wildman–Crippen MR) is 65.8 cm³/mol. The second-order valence-corrected chi connectivity index (χ2v) is 6.97. The lowest BCUT2D eigenvalue weighted by Gasteiger charge is -2.53. The molecule has 0 radical (unpaired) electrons. The van der Waals surface area contributed by atoms with Gasteiger partial charge in [-0.3, -0.25) is 4.79 Å². The number of hydrogen-bond donors (Lipinski definition) is 0. The lowest BCUT2D eigenvalue weighted by Crippen LogP contribution is -2.58. The van der Waals surface area contributed by atoms with Crippen molar-refractivity contribution in [1.29, 1.82) is 0 Å². The average Bonchev–Trinajstić information content (AvgIpc) is 2.81. The number of ketones is 1. The maximum absolute atomic E-state index is 12.2. The maximum Gasteiger partial charge on any atom is 0.163 e. The SMILES string of the molecule is CC1(C)O[C@H]2[C@H]3C=C[C@](C)([C@@H]4C(=O)CC[C@H]34)[C@H]2O1. The van der Waals surface area contributed by atoms with E-state index < -0.39 is 5.79 Å². The largest absolute Gasteiger partial charge is 0.344 e. The van der Waals surface area contributed by atoms with Crippen molar-refractivity contribution in [3.05, 3.63) is 12.2 Å². The summed E-state index contributed by atoms with van der Waals surface area (Å²) in [6.45, 7) is 6.14. The van der Waals surface area contributed by atoms with Crippen molar-refractivity contribution in [2.75, 3.05) is 0 Å². The van der Waals surface area contributed by atoms with Crippen LogP contribution in [0.1, 0.15) is 33.6 Å². The fourth-order valence-electron chi connectivity index (χ4n) is 4.83. The van der Waals surface area contributed by atoms with Gasteiger partial charge in [0.05, 0.1) is 12.2 Å². The topological polar surface area (TPSA) is 35.5 Å². The van der Waals surface area contributed by atoms with Crippen LogP contribution in [0.5, 0.6) is 0 Å². The highest BCUT2D eigenvalue weighted by Gasteiger charge is 2.66. The molecule has 1 aliphatic heterocycles. The fourth-order valence-corrected chi connectivity index (χ4v) is 4.83. The molecule has 1 heterocycles. The van der Waals surface area contributed by atoms with Gasteiger partial charge < -0.3 is 9.47 Å². The highest BCUT2D eigenvalue weighted by molar-refractivity contribution is 5.85. The zero-order chi connectivity index (χ0) is 12.7. The minimum atomic E-state index is -0.511. The summed E-state index contributed by atoms with van der Waals surface area (Å²) in [5.41, 5.74) is -0.161. The first kappa shape index (κ1) is 11.2. The number of ether oxygens (including phenoxy) is 2. The van der Waals surface area contributed by atoms with Crippen LogP contribution in [-0.2, 0) is 14.3 Å². The molecule has 0 N–H and O–H groups in total. The van der Waals surface area contributed by atoms with Gasteiger partial charge in [-0.2, -0.15) is 0 Å². The molecule has 0 aromatic rings. The van der Waals surface area contributed by atoms with Crippen molar-refractivity contribution in [3.63, 3.8) is 0 Å². The lowest BCUT2D eigenvalue weighted by atomic mass is 9.53.